The van der Waals surface area contributed by atoms with E-state index in [2.05, 4.69) is 0 Å². The van der Waals surface area contributed by atoms with Gasteiger partial charge in [-0.1, -0.05) is 60.3 Å². The molecule has 0 N–H and O–H groups in total. The smallest absolute Gasteiger partial charge is 0.262 e. The second-order valence-electron chi connectivity index (χ2n) is 5.80. The number of para-hydroxylation sites is 1. The Kier molecular flexibility index (Phi) is 4.42. The van der Waals surface area contributed by atoms with Crippen LogP contribution in [0, 0.1) is 0 Å². The van der Waals surface area contributed by atoms with Crippen molar-refractivity contribution < 1.29 is 9.59 Å². The first-order chi connectivity index (χ1) is 12.7. The second kappa shape index (κ2) is 7.02. The fraction of sp³-hybridized carbons (Fsp3) is 0. The van der Waals surface area contributed by atoms with Gasteiger partial charge in [-0.25, -0.2) is 0 Å². The van der Waals surface area contributed by atoms with Gasteiger partial charge in [0.1, 0.15) is 0 Å². The van der Waals surface area contributed by atoms with Crippen molar-refractivity contribution >= 4 is 29.1 Å². The van der Waals surface area contributed by atoms with E-state index in [0.717, 1.165) is 10.6 Å². The minimum Gasteiger partial charge on any atom is -0.288 e. The van der Waals surface area contributed by atoms with E-state index in [-0.39, 0.29) is 11.7 Å². The minimum atomic E-state index is -0.173. The molecule has 0 fully saturated rings. The Morgan fingerprint density at radius 2 is 1.42 bits per heavy atom. The highest BCUT2D eigenvalue weighted by molar-refractivity contribution is 8.04. The molecule has 3 nitrogen and oxygen atoms in total. The zero-order valence-electron chi connectivity index (χ0n) is 13.8. The van der Waals surface area contributed by atoms with Crippen LogP contribution in [0.3, 0.4) is 0 Å². The highest BCUT2D eigenvalue weighted by Crippen LogP contribution is 2.40. The van der Waals surface area contributed by atoms with Gasteiger partial charge >= 0.3 is 0 Å². The molecular weight excluding hydrogens is 342 g/mol. The Bertz CT molecular complexity index is 997. The van der Waals surface area contributed by atoms with Crippen LogP contribution in [0.5, 0.6) is 0 Å². The number of anilines is 1. The molecule has 0 aromatic heterocycles. The molecule has 1 aliphatic heterocycles. The number of nitrogens with zero attached hydrogens (tertiary/aromatic N) is 1. The number of carbonyl (C=O) groups excluding carboxylic acids is 2. The summed E-state index contributed by atoms with van der Waals surface area (Å²) < 4.78 is 0. The second-order valence-corrected chi connectivity index (χ2v) is 6.88. The number of ketones is 1. The van der Waals surface area contributed by atoms with Crippen molar-refractivity contribution in [3.05, 3.63) is 107 Å². The van der Waals surface area contributed by atoms with Crippen LogP contribution in [0.15, 0.2) is 101 Å². The zero-order chi connectivity index (χ0) is 17.9. The van der Waals surface area contributed by atoms with Crippen LogP contribution >= 0.6 is 11.8 Å². The topological polar surface area (TPSA) is 37.4 Å². The summed E-state index contributed by atoms with van der Waals surface area (Å²) in [5, 5.41) is 0. The molecule has 0 spiro atoms. The van der Waals surface area contributed by atoms with Gasteiger partial charge < -0.3 is 0 Å². The maximum absolute atomic E-state index is 13.1. The van der Waals surface area contributed by atoms with Gasteiger partial charge in [-0.15, -0.1) is 0 Å². The van der Waals surface area contributed by atoms with E-state index in [0.29, 0.717) is 16.0 Å². The van der Waals surface area contributed by atoms with E-state index in [1.54, 1.807) is 23.2 Å². The van der Waals surface area contributed by atoms with Crippen molar-refractivity contribution in [2.75, 3.05) is 4.90 Å². The lowest BCUT2D eigenvalue weighted by Crippen LogP contribution is -2.26. The quantitative estimate of drug-likeness (QED) is 0.607. The summed E-state index contributed by atoms with van der Waals surface area (Å²) in [6.07, 6.45) is 1.65. The number of benzene rings is 3. The first kappa shape index (κ1) is 16.4. The van der Waals surface area contributed by atoms with Gasteiger partial charge in [0.25, 0.3) is 5.91 Å². The average Bonchev–Trinajstić information content (AvgIpc) is 3.03. The monoisotopic (exact) mass is 357 g/mol. The summed E-state index contributed by atoms with van der Waals surface area (Å²) in [5.74, 6) is -0.221. The van der Waals surface area contributed by atoms with Crippen LogP contribution < -0.4 is 4.90 Å². The van der Waals surface area contributed by atoms with E-state index in [4.69, 9.17) is 0 Å². The Labute approximate surface area is 156 Å². The van der Waals surface area contributed by atoms with E-state index in [1.165, 1.54) is 11.8 Å². The highest BCUT2D eigenvalue weighted by Gasteiger charge is 2.27. The summed E-state index contributed by atoms with van der Waals surface area (Å²) >= 11 is 1.40. The molecule has 0 saturated carbocycles. The SMILES string of the molecule is O=C1C(=CN(C(=O)c2ccccc2)c2ccccc2)Sc2ccccc21. The third kappa shape index (κ3) is 3.07. The van der Waals surface area contributed by atoms with Crippen molar-refractivity contribution in [2.24, 2.45) is 0 Å². The van der Waals surface area contributed by atoms with Gasteiger partial charge in [-0.2, -0.15) is 0 Å². The molecule has 4 heteroatoms. The molecule has 3 aromatic rings. The van der Waals surface area contributed by atoms with Crippen LogP contribution in [-0.4, -0.2) is 11.7 Å². The lowest BCUT2D eigenvalue weighted by atomic mass is 10.1. The number of allylic oxidation sites excluding steroid dienone is 1. The maximum atomic E-state index is 13.1. The van der Waals surface area contributed by atoms with E-state index < -0.39 is 0 Å². The summed E-state index contributed by atoms with van der Waals surface area (Å²) in [6, 6.07) is 25.9. The molecule has 3 aromatic carbocycles. The van der Waals surface area contributed by atoms with Crippen molar-refractivity contribution in [3.8, 4) is 0 Å². The highest BCUT2D eigenvalue weighted by atomic mass is 32.2. The number of fused-ring (bicyclic) bond motifs is 1. The van der Waals surface area contributed by atoms with Crippen molar-refractivity contribution in [1.82, 2.24) is 0 Å². The molecule has 1 amide bonds. The molecule has 0 unspecified atom stereocenters. The summed E-state index contributed by atoms with van der Waals surface area (Å²) in [5.41, 5.74) is 1.98. The molecule has 1 aliphatic rings. The van der Waals surface area contributed by atoms with Gasteiger partial charge in [0.15, 0.2) is 0 Å². The van der Waals surface area contributed by atoms with Gasteiger partial charge in [0, 0.05) is 27.9 Å². The first-order valence-corrected chi connectivity index (χ1v) is 9.03. The van der Waals surface area contributed by atoms with Crippen molar-refractivity contribution in [2.45, 2.75) is 4.90 Å². The Morgan fingerprint density at radius 3 is 2.12 bits per heavy atom. The standard InChI is InChI=1S/C22H15NO2S/c24-21-18-13-7-8-14-19(18)26-20(21)15-23(17-11-5-2-6-12-17)22(25)16-9-3-1-4-10-16/h1-15H. The Morgan fingerprint density at radius 1 is 0.808 bits per heavy atom. The normalized spacial score (nSPS) is 14.3. The van der Waals surface area contributed by atoms with Gasteiger partial charge in [0.05, 0.1) is 4.91 Å². The number of rotatable bonds is 3. The van der Waals surface area contributed by atoms with Crippen molar-refractivity contribution in [3.63, 3.8) is 0 Å². The Hall–Kier alpha value is -3.11. The van der Waals surface area contributed by atoms with Crippen LogP contribution in [-0.2, 0) is 0 Å². The molecule has 126 valence electrons. The number of amides is 1. The third-order valence-electron chi connectivity index (χ3n) is 4.10. The largest absolute Gasteiger partial charge is 0.288 e. The van der Waals surface area contributed by atoms with Crippen LogP contribution in [0.25, 0.3) is 0 Å². The number of hydrogen-bond acceptors (Lipinski definition) is 3. The Balaban J connectivity index is 1.76. The lowest BCUT2D eigenvalue weighted by Gasteiger charge is -2.19. The number of hydrogen-bond donors (Lipinski definition) is 0. The molecule has 26 heavy (non-hydrogen) atoms. The minimum absolute atomic E-state index is 0.0487. The van der Waals surface area contributed by atoms with E-state index >= 15 is 0 Å². The van der Waals surface area contributed by atoms with Crippen LogP contribution in [0.1, 0.15) is 20.7 Å². The molecule has 0 bridgehead atoms. The molecule has 0 aliphatic carbocycles. The molecule has 4 rings (SSSR count). The number of carbonyl (C=O) groups is 2. The van der Waals surface area contributed by atoms with E-state index in [9.17, 15) is 9.59 Å². The van der Waals surface area contributed by atoms with Crippen LogP contribution in [0.4, 0.5) is 5.69 Å². The summed E-state index contributed by atoms with van der Waals surface area (Å²) in [7, 11) is 0. The number of thioether (sulfide) groups is 1. The van der Waals surface area contributed by atoms with Gasteiger partial charge in [0.2, 0.25) is 5.78 Å². The first-order valence-electron chi connectivity index (χ1n) is 8.21. The predicted molar refractivity (Wildman–Crippen MR) is 104 cm³/mol. The predicted octanol–water partition coefficient (Wildman–Crippen LogP) is 5.16. The molecular formula is C22H15NO2S. The maximum Gasteiger partial charge on any atom is 0.262 e. The van der Waals surface area contributed by atoms with Crippen LogP contribution in [0.2, 0.25) is 0 Å². The molecule has 0 atom stereocenters. The molecule has 0 radical (unpaired) electrons. The fourth-order valence-electron chi connectivity index (χ4n) is 2.80. The van der Waals surface area contributed by atoms with E-state index in [1.807, 2.05) is 72.8 Å². The molecule has 0 saturated heterocycles. The molecule has 1 heterocycles. The third-order valence-corrected chi connectivity index (χ3v) is 5.18. The van der Waals surface area contributed by atoms with Gasteiger partial charge in [-0.3, -0.25) is 14.5 Å². The fourth-order valence-corrected chi connectivity index (χ4v) is 3.82. The van der Waals surface area contributed by atoms with Gasteiger partial charge in [-0.05, 0) is 36.4 Å². The summed E-state index contributed by atoms with van der Waals surface area (Å²) in [4.78, 5) is 28.8. The van der Waals surface area contributed by atoms with Crippen molar-refractivity contribution in [1.29, 1.82) is 0 Å². The lowest BCUT2D eigenvalue weighted by molar-refractivity contribution is 0.0997. The number of Topliss-reactive ketones (excluding diaryl/α,β-unsaturated/α-hetero) is 1. The average molecular weight is 357 g/mol. The summed E-state index contributed by atoms with van der Waals surface area (Å²) in [6.45, 7) is 0. The zero-order valence-corrected chi connectivity index (χ0v) is 14.6.